The Morgan fingerprint density at radius 3 is 2.50 bits per heavy atom. The summed E-state index contributed by atoms with van der Waals surface area (Å²) in [5.41, 5.74) is 1.69. The van der Waals surface area contributed by atoms with Gasteiger partial charge in [-0.25, -0.2) is 0 Å². The van der Waals surface area contributed by atoms with Crippen LogP contribution in [0, 0.1) is 0 Å². The molecule has 0 radical (unpaired) electrons. The van der Waals surface area contributed by atoms with Crippen LogP contribution in [0.15, 0.2) is 54.6 Å². The molecule has 0 aliphatic carbocycles. The molecule has 0 aromatic heterocycles. The lowest BCUT2D eigenvalue weighted by Gasteiger charge is -2.15. The van der Waals surface area contributed by atoms with Crippen molar-refractivity contribution in [3.8, 4) is 0 Å². The highest BCUT2D eigenvalue weighted by atomic mass is 35.5. The molecule has 6 nitrogen and oxygen atoms in total. The lowest BCUT2D eigenvalue weighted by atomic mass is 10.2. The Kier molecular flexibility index (Phi) is 8.08. The van der Waals surface area contributed by atoms with E-state index in [0.717, 1.165) is 5.56 Å². The van der Waals surface area contributed by atoms with Crippen LogP contribution in [0.4, 0.5) is 5.69 Å². The molecule has 0 aliphatic heterocycles. The first-order valence-electron chi connectivity index (χ1n) is 8.31. The Morgan fingerprint density at radius 1 is 1.04 bits per heavy atom. The third-order valence-electron chi connectivity index (χ3n) is 3.66. The van der Waals surface area contributed by atoms with Crippen LogP contribution >= 0.6 is 11.6 Å². The van der Waals surface area contributed by atoms with Crippen molar-refractivity contribution in [2.45, 2.75) is 19.0 Å². The van der Waals surface area contributed by atoms with Gasteiger partial charge in [0, 0.05) is 30.3 Å². The maximum absolute atomic E-state index is 12.0. The van der Waals surface area contributed by atoms with Gasteiger partial charge in [0.2, 0.25) is 5.91 Å². The second kappa shape index (κ2) is 10.6. The molecule has 0 bridgehead atoms. The number of benzene rings is 2. The van der Waals surface area contributed by atoms with Crippen LogP contribution in [0.25, 0.3) is 0 Å². The molecule has 1 amide bonds. The second-order valence-corrected chi connectivity index (χ2v) is 6.21. The number of carbonyl (C=O) groups excluding carboxylic acids is 1. The van der Waals surface area contributed by atoms with Crippen molar-refractivity contribution in [2.24, 2.45) is 0 Å². The quantitative estimate of drug-likeness (QED) is 0.479. The van der Waals surface area contributed by atoms with E-state index in [2.05, 4.69) is 16.0 Å². The number of amides is 1. The third-order valence-corrected chi connectivity index (χ3v) is 3.90. The van der Waals surface area contributed by atoms with E-state index in [4.69, 9.17) is 11.6 Å². The number of carbonyl (C=O) groups is 2. The van der Waals surface area contributed by atoms with Crippen LogP contribution in [-0.2, 0) is 16.1 Å². The van der Waals surface area contributed by atoms with Gasteiger partial charge in [-0.05, 0) is 23.8 Å². The molecule has 138 valence electrons. The number of nitrogens with one attached hydrogen (secondary N) is 3. The summed E-state index contributed by atoms with van der Waals surface area (Å²) in [6.45, 7) is 1.73. The minimum absolute atomic E-state index is 0.166. The summed E-state index contributed by atoms with van der Waals surface area (Å²) in [4.78, 5) is 23.4. The van der Waals surface area contributed by atoms with E-state index in [1.807, 2.05) is 30.3 Å². The molecule has 0 aliphatic rings. The number of hydrogen-bond donors (Lipinski definition) is 4. The van der Waals surface area contributed by atoms with Crippen molar-refractivity contribution >= 4 is 29.2 Å². The van der Waals surface area contributed by atoms with Gasteiger partial charge in [0.05, 0.1) is 6.42 Å². The molecule has 0 unspecified atom stereocenters. The monoisotopic (exact) mass is 375 g/mol. The first-order chi connectivity index (χ1) is 12.5. The van der Waals surface area contributed by atoms with Crippen molar-refractivity contribution < 1.29 is 14.7 Å². The maximum atomic E-state index is 12.0. The summed E-state index contributed by atoms with van der Waals surface area (Å²) >= 11 is 5.86. The average molecular weight is 376 g/mol. The van der Waals surface area contributed by atoms with Crippen molar-refractivity contribution in [1.82, 2.24) is 10.6 Å². The maximum Gasteiger partial charge on any atom is 0.321 e. The van der Waals surface area contributed by atoms with Crippen LogP contribution in [0.2, 0.25) is 5.02 Å². The number of rotatable bonds is 10. The molecule has 1 atom stereocenters. The Labute approximate surface area is 157 Å². The highest BCUT2D eigenvalue weighted by Crippen LogP contribution is 2.15. The highest BCUT2D eigenvalue weighted by Gasteiger charge is 2.20. The fourth-order valence-corrected chi connectivity index (χ4v) is 2.56. The largest absolute Gasteiger partial charge is 0.480 e. The Bertz CT molecular complexity index is 725. The number of halogens is 1. The molecular formula is C19H22ClN3O3. The zero-order valence-corrected chi connectivity index (χ0v) is 15.0. The van der Waals surface area contributed by atoms with Crippen LogP contribution in [0.5, 0.6) is 0 Å². The fraction of sp³-hybridized carbons (Fsp3) is 0.263. The number of anilines is 1. The Morgan fingerprint density at radius 2 is 1.81 bits per heavy atom. The summed E-state index contributed by atoms with van der Waals surface area (Å²) < 4.78 is 0. The van der Waals surface area contributed by atoms with Crippen LogP contribution in [0.1, 0.15) is 12.0 Å². The van der Waals surface area contributed by atoms with Gasteiger partial charge in [0.1, 0.15) is 6.04 Å². The van der Waals surface area contributed by atoms with Crippen LogP contribution in [-0.4, -0.2) is 36.1 Å². The van der Waals surface area contributed by atoms with E-state index in [9.17, 15) is 14.7 Å². The summed E-state index contributed by atoms with van der Waals surface area (Å²) in [7, 11) is 0. The Balaban J connectivity index is 1.72. The first kappa shape index (κ1) is 19.9. The standard InChI is InChI=1S/C19H22ClN3O3/c20-15-7-4-8-16(11-15)23-18(24)12-17(19(25)26)22-10-9-21-13-14-5-2-1-3-6-14/h1-8,11,17,21-22H,9-10,12-13H2,(H,23,24)(H,25,26)/t17-/m1/s1. The summed E-state index contributed by atoms with van der Waals surface area (Å²) in [6, 6.07) is 15.7. The molecule has 2 aromatic carbocycles. The van der Waals surface area contributed by atoms with Gasteiger partial charge >= 0.3 is 5.97 Å². The van der Waals surface area contributed by atoms with Crippen molar-refractivity contribution in [3.63, 3.8) is 0 Å². The molecule has 7 heteroatoms. The lowest BCUT2D eigenvalue weighted by molar-refractivity contribution is -0.141. The number of carboxylic acid groups (broad SMARTS) is 1. The van der Waals surface area contributed by atoms with Gasteiger partial charge in [0.25, 0.3) is 0 Å². The van der Waals surface area contributed by atoms with Gasteiger partial charge in [-0.2, -0.15) is 0 Å². The number of aliphatic carboxylic acids is 1. The molecule has 4 N–H and O–H groups in total. The third kappa shape index (κ3) is 7.23. The van der Waals surface area contributed by atoms with E-state index in [1.54, 1.807) is 24.3 Å². The molecule has 0 saturated carbocycles. The summed E-state index contributed by atoms with van der Waals surface area (Å²) in [5, 5.41) is 18.5. The van der Waals surface area contributed by atoms with Crippen molar-refractivity contribution in [1.29, 1.82) is 0 Å². The second-order valence-electron chi connectivity index (χ2n) is 5.77. The van der Waals surface area contributed by atoms with Crippen LogP contribution < -0.4 is 16.0 Å². The smallest absolute Gasteiger partial charge is 0.321 e. The molecule has 2 rings (SSSR count). The van der Waals surface area contributed by atoms with Gasteiger partial charge in [-0.3, -0.25) is 9.59 Å². The molecular weight excluding hydrogens is 354 g/mol. The molecule has 0 heterocycles. The van der Waals surface area contributed by atoms with E-state index < -0.39 is 12.0 Å². The average Bonchev–Trinajstić information content (AvgIpc) is 2.61. The SMILES string of the molecule is O=C(C[C@@H](NCCNCc1ccccc1)C(=O)O)Nc1cccc(Cl)c1. The first-order valence-corrected chi connectivity index (χ1v) is 8.68. The topological polar surface area (TPSA) is 90.5 Å². The normalized spacial score (nSPS) is 11.7. The number of carboxylic acids is 1. The molecule has 0 fully saturated rings. The molecule has 0 spiro atoms. The van der Waals surface area contributed by atoms with Crippen molar-refractivity contribution in [3.05, 3.63) is 65.2 Å². The number of hydrogen-bond acceptors (Lipinski definition) is 4. The van der Waals surface area contributed by atoms with Crippen LogP contribution in [0.3, 0.4) is 0 Å². The van der Waals surface area contributed by atoms with E-state index >= 15 is 0 Å². The molecule has 0 saturated heterocycles. The Hall–Kier alpha value is -2.41. The van der Waals surface area contributed by atoms with Gasteiger partial charge in [-0.15, -0.1) is 0 Å². The van der Waals surface area contributed by atoms with E-state index in [1.165, 1.54) is 0 Å². The minimum Gasteiger partial charge on any atom is -0.480 e. The minimum atomic E-state index is -1.06. The summed E-state index contributed by atoms with van der Waals surface area (Å²) in [6.07, 6.45) is -0.166. The predicted octanol–water partition coefficient (Wildman–Crippen LogP) is 2.50. The lowest BCUT2D eigenvalue weighted by Crippen LogP contribution is -2.42. The summed E-state index contributed by atoms with van der Waals surface area (Å²) in [5.74, 6) is -1.45. The van der Waals surface area contributed by atoms with Gasteiger partial charge in [-0.1, -0.05) is 48.0 Å². The molecule has 2 aromatic rings. The van der Waals surface area contributed by atoms with E-state index in [0.29, 0.717) is 30.3 Å². The predicted molar refractivity (Wildman–Crippen MR) is 102 cm³/mol. The zero-order chi connectivity index (χ0) is 18.8. The zero-order valence-electron chi connectivity index (χ0n) is 14.2. The van der Waals surface area contributed by atoms with Gasteiger partial charge < -0.3 is 21.1 Å². The molecule has 26 heavy (non-hydrogen) atoms. The van der Waals surface area contributed by atoms with Gasteiger partial charge in [0.15, 0.2) is 0 Å². The van der Waals surface area contributed by atoms with E-state index in [-0.39, 0.29) is 12.3 Å². The van der Waals surface area contributed by atoms with Crippen molar-refractivity contribution in [2.75, 3.05) is 18.4 Å². The highest BCUT2D eigenvalue weighted by molar-refractivity contribution is 6.30. The fourth-order valence-electron chi connectivity index (χ4n) is 2.37.